The van der Waals surface area contributed by atoms with Crippen LogP contribution in [0.15, 0.2) is 30.5 Å². The van der Waals surface area contributed by atoms with E-state index in [1.807, 2.05) is 18.2 Å². The van der Waals surface area contributed by atoms with Gasteiger partial charge in [-0.15, -0.1) is 0 Å². The number of anilines is 2. The van der Waals surface area contributed by atoms with Crippen molar-refractivity contribution < 1.29 is 17.9 Å². The Kier molecular flexibility index (Phi) is 5.55. The van der Waals surface area contributed by atoms with Crippen LogP contribution >= 0.6 is 0 Å². The van der Waals surface area contributed by atoms with Crippen LogP contribution in [0.3, 0.4) is 0 Å². The van der Waals surface area contributed by atoms with E-state index >= 15 is 0 Å². The zero-order valence-corrected chi connectivity index (χ0v) is 16.7. The molecule has 0 N–H and O–H groups in total. The number of halogens is 3. The highest BCUT2D eigenvalue weighted by Gasteiger charge is 2.37. The number of hydrogen-bond donors (Lipinski definition) is 0. The zero-order chi connectivity index (χ0) is 20.5. The molecule has 0 saturated heterocycles. The summed E-state index contributed by atoms with van der Waals surface area (Å²) in [6.45, 7) is 5.38. The smallest absolute Gasteiger partial charge is 0.421 e. The summed E-state index contributed by atoms with van der Waals surface area (Å²) < 4.78 is 46.3. The first-order valence-corrected chi connectivity index (χ1v) is 9.51. The van der Waals surface area contributed by atoms with Crippen LogP contribution in [-0.4, -0.2) is 22.6 Å². The maximum Gasteiger partial charge on any atom is 0.421 e. The summed E-state index contributed by atoms with van der Waals surface area (Å²) in [7, 11) is 1.59. The highest BCUT2D eigenvalue weighted by atomic mass is 19.4. The van der Waals surface area contributed by atoms with Crippen molar-refractivity contribution in [3.63, 3.8) is 0 Å². The van der Waals surface area contributed by atoms with E-state index in [9.17, 15) is 13.2 Å². The SMILES string of the molecule is CN(c1cccc(C2CCCC2)c1)c1nc(OC(C)(C)C)ncc1C(F)(F)F. The molecule has 1 fully saturated rings. The highest BCUT2D eigenvalue weighted by Crippen LogP contribution is 2.40. The second kappa shape index (κ2) is 7.60. The molecule has 3 rings (SSSR count). The predicted octanol–water partition coefficient (Wildman–Crippen LogP) is 6.10. The first-order valence-electron chi connectivity index (χ1n) is 9.51. The molecule has 0 radical (unpaired) electrons. The van der Waals surface area contributed by atoms with E-state index < -0.39 is 17.3 Å². The number of nitrogens with zero attached hydrogens (tertiary/aromatic N) is 3. The summed E-state index contributed by atoms with van der Waals surface area (Å²) in [4.78, 5) is 9.33. The molecule has 1 heterocycles. The predicted molar refractivity (Wildman–Crippen MR) is 103 cm³/mol. The first-order chi connectivity index (χ1) is 13.0. The molecule has 0 amide bonds. The van der Waals surface area contributed by atoms with Crippen molar-refractivity contribution in [1.29, 1.82) is 0 Å². The van der Waals surface area contributed by atoms with Crippen molar-refractivity contribution in [2.45, 2.75) is 64.1 Å². The molecule has 0 unspecified atom stereocenters. The quantitative estimate of drug-likeness (QED) is 0.629. The first kappa shape index (κ1) is 20.4. The lowest BCUT2D eigenvalue weighted by atomic mass is 9.97. The number of aromatic nitrogens is 2. The molecule has 1 aliphatic carbocycles. The number of benzene rings is 1. The van der Waals surface area contributed by atoms with Gasteiger partial charge in [-0.3, -0.25) is 0 Å². The molecular weight excluding hydrogens is 367 g/mol. The van der Waals surface area contributed by atoms with Gasteiger partial charge in [-0.2, -0.15) is 18.2 Å². The summed E-state index contributed by atoms with van der Waals surface area (Å²) in [5, 5.41) is 0. The molecule has 152 valence electrons. The maximum absolute atomic E-state index is 13.6. The van der Waals surface area contributed by atoms with Gasteiger partial charge in [0.05, 0.1) is 0 Å². The third-order valence-corrected chi connectivity index (χ3v) is 4.85. The van der Waals surface area contributed by atoms with Crippen LogP contribution in [0.4, 0.5) is 24.7 Å². The van der Waals surface area contributed by atoms with Gasteiger partial charge < -0.3 is 9.64 Å². The molecule has 0 bridgehead atoms. The standard InChI is InChI=1S/C21H26F3N3O/c1-20(2,3)28-19-25-13-17(21(22,23)24)18(26-19)27(4)16-11-7-10-15(12-16)14-8-5-6-9-14/h7,10-14H,5-6,8-9H2,1-4H3. The number of ether oxygens (including phenoxy) is 1. The molecule has 0 atom stereocenters. The molecule has 1 aromatic heterocycles. The Morgan fingerprint density at radius 3 is 2.39 bits per heavy atom. The van der Waals surface area contributed by atoms with Gasteiger partial charge >= 0.3 is 12.2 Å². The van der Waals surface area contributed by atoms with Gasteiger partial charge in [0.1, 0.15) is 11.2 Å². The Morgan fingerprint density at radius 1 is 1.11 bits per heavy atom. The van der Waals surface area contributed by atoms with Crippen LogP contribution in [0.25, 0.3) is 0 Å². The van der Waals surface area contributed by atoms with E-state index in [-0.39, 0.29) is 11.8 Å². The van der Waals surface area contributed by atoms with E-state index in [1.165, 1.54) is 17.7 Å². The van der Waals surface area contributed by atoms with Crippen molar-refractivity contribution in [2.75, 3.05) is 11.9 Å². The molecule has 1 aromatic carbocycles. The second-order valence-corrected chi connectivity index (χ2v) is 8.24. The van der Waals surface area contributed by atoms with E-state index in [4.69, 9.17) is 4.74 Å². The topological polar surface area (TPSA) is 38.2 Å². The van der Waals surface area contributed by atoms with Crippen molar-refractivity contribution in [3.05, 3.63) is 41.6 Å². The summed E-state index contributed by atoms with van der Waals surface area (Å²) in [6.07, 6.45) is 0.870. The van der Waals surface area contributed by atoms with Gasteiger partial charge in [0.15, 0.2) is 5.82 Å². The van der Waals surface area contributed by atoms with Crippen LogP contribution < -0.4 is 9.64 Å². The van der Waals surface area contributed by atoms with E-state index in [1.54, 1.807) is 33.9 Å². The van der Waals surface area contributed by atoms with Crippen LogP contribution in [0.5, 0.6) is 6.01 Å². The molecule has 1 saturated carbocycles. The van der Waals surface area contributed by atoms with Crippen LogP contribution in [0.2, 0.25) is 0 Å². The number of rotatable bonds is 4. The third kappa shape index (κ3) is 4.75. The lowest BCUT2D eigenvalue weighted by Gasteiger charge is -2.25. The van der Waals surface area contributed by atoms with E-state index in [2.05, 4.69) is 9.97 Å². The molecule has 7 heteroatoms. The van der Waals surface area contributed by atoms with Gasteiger partial charge in [-0.1, -0.05) is 25.0 Å². The normalized spacial score (nSPS) is 15.7. The monoisotopic (exact) mass is 393 g/mol. The molecular formula is C21H26F3N3O. The minimum Gasteiger partial charge on any atom is -0.458 e. The molecule has 1 aliphatic rings. The highest BCUT2D eigenvalue weighted by molar-refractivity contribution is 5.63. The summed E-state index contributed by atoms with van der Waals surface area (Å²) >= 11 is 0. The van der Waals surface area contributed by atoms with E-state index in [0.29, 0.717) is 11.6 Å². The third-order valence-electron chi connectivity index (χ3n) is 4.85. The Morgan fingerprint density at radius 2 is 1.79 bits per heavy atom. The van der Waals surface area contributed by atoms with Gasteiger partial charge in [0, 0.05) is 18.9 Å². The Hall–Kier alpha value is -2.31. The lowest BCUT2D eigenvalue weighted by Crippen LogP contribution is -2.26. The Bertz CT molecular complexity index is 824. The van der Waals surface area contributed by atoms with Crippen molar-refractivity contribution in [2.24, 2.45) is 0 Å². The fourth-order valence-corrected chi connectivity index (χ4v) is 3.50. The minimum absolute atomic E-state index is 0.0747. The zero-order valence-electron chi connectivity index (χ0n) is 16.7. The summed E-state index contributed by atoms with van der Waals surface area (Å²) in [5.41, 5.74) is 0.325. The van der Waals surface area contributed by atoms with Gasteiger partial charge in [0.2, 0.25) is 0 Å². The molecule has 2 aromatic rings. The Balaban J connectivity index is 2.00. The average molecular weight is 393 g/mol. The fourth-order valence-electron chi connectivity index (χ4n) is 3.50. The Labute approximate surface area is 163 Å². The molecule has 4 nitrogen and oxygen atoms in total. The lowest BCUT2D eigenvalue weighted by molar-refractivity contribution is -0.137. The van der Waals surface area contributed by atoms with Gasteiger partial charge in [0.25, 0.3) is 0 Å². The summed E-state index contributed by atoms with van der Waals surface area (Å²) in [6, 6.07) is 7.62. The minimum atomic E-state index is -4.56. The van der Waals surface area contributed by atoms with E-state index in [0.717, 1.165) is 24.6 Å². The van der Waals surface area contributed by atoms with Crippen LogP contribution in [0, 0.1) is 0 Å². The van der Waals surface area contributed by atoms with Crippen molar-refractivity contribution in [3.8, 4) is 6.01 Å². The fraction of sp³-hybridized carbons (Fsp3) is 0.524. The molecule has 0 aliphatic heterocycles. The molecule has 28 heavy (non-hydrogen) atoms. The van der Waals surface area contributed by atoms with Crippen LogP contribution in [-0.2, 0) is 6.18 Å². The number of alkyl halides is 3. The van der Waals surface area contributed by atoms with Gasteiger partial charge in [-0.25, -0.2) is 4.98 Å². The van der Waals surface area contributed by atoms with Crippen molar-refractivity contribution >= 4 is 11.5 Å². The average Bonchev–Trinajstić information content (AvgIpc) is 3.13. The molecule has 0 spiro atoms. The summed E-state index contributed by atoms with van der Waals surface area (Å²) in [5.74, 6) is 0.256. The largest absolute Gasteiger partial charge is 0.458 e. The maximum atomic E-state index is 13.6. The van der Waals surface area contributed by atoms with Crippen molar-refractivity contribution in [1.82, 2.24) is 9.97 Å². The van der Waals surface area contributed by atoms with Gasteiger partial charge in [-0.05, 0) is 57.2 Å². The second-order valence-electron chi connectivity index (χ2n) is 8.24. The number of hydrogen-bond acceptors (Lipinski definition) is 4. The van der Waals surface area contributed by atoms with Crippen LogP contribution in [0.1, 0.15) is 63.5 Å².